The van der Waals surface area contributed by atoms with Crippen LogP contribution in [0.1, 0.15) is 35.0 Å². The smallest absolute Gasteiger partial charge is 0.264 e. The molecular weight excluding hydrogens is 334 g/mol. The molecule has 2 aromatic rings. The van der Waals surface area contributed by atoms with E-state index in [9.17, 15) is 9.59 Å². The normalized spacial score (nSPS) is 16.8. The molecule has 0 spiro atoms. The minimum atomic E-state index is -0.396. The summed E-state index contributed by atoms with van der Waals surface area (Å²) < 4.78 is 0. The van der Waals surface area contributed by atoms with Crippen LogP contribution in [0.25, 0.3) is 0 Å². The Morgan fingerprint density at radius 2 is 2.16 bits per heavy atom. The van der Waals surface area contributed by atoms with Crippen molar-refractivity contribution in [1.29, 1.82) is 0 Å². The van der Waals surface area contributed by atoms with Gasteiger partial charge in [-0.2, -0.15) is 0 Å². The van der Waals surface area contributed by atoms with Gasteiger partial charge in [0.05, 0.1) is 4.88 Å². The second-order valence-electron chi connectivity index (χ2n) is 6.10. The fourth-order valence-corrected chi connectivity index (χ4v) is 3.76. The van der Waals surface area contributed by atoms with Gasteiger partial charge in [-0.15, -0.1) is 11.3 Å². The van der Waals surface area contributed by atoms with E-state index in [1.807, 2.05) is 41.8 Å². The fraction of sp³-hybridized carbons (Fsp3) is 0.368. The SMILES string of the molecule is CCNCc1cccc(NC(=O)C2CCCN2C(=O)c2cccs2)c1. The highest BCUT2D eigenvalue weighted by atomic mass is 32.1. The van der Waals surface area contributed by atoms with Gasteiger partial charge < -0.3 is 15.5 Å². The molecule has 1 saturated heterocycles. The third-order valence-corrected chi connectivity index (χ3v) is 5.18. The van der Waals surface area contributed by atoms with Crippen LogP contribution in [-0.4, -0.2) is 35.8 Å². The van der Waals surface area contributed by atoms with Gasteiger partial charge in [0.15, 0.2) is 0 Å². The highest BCUT2D eigenvalue weighted by molar-refractivity contribution is 7.12. The van der Waals surface area contributed by atoms with E-state index in [2.05, 4.69) is 17.6 Å². The molecule has 1 aromatic heterocycles. The van der Waals surface area contributed by atoms with Crippen molar-refractivity contribution in [3.63, 3.8) is 0 Å². The van der Waals surface area contributed by atoms with E-state index >= 15 is 0 Å². The van der Waals surface area contributed by atoms with Gasteiger partial charge >= 0.3 is 0 Å². The first-order valence-electron chi connectivity index (χ1n) is 8.64. The number of hydrogen-bond acceptors (Lipinski definition) is 4. The summed E-state index contributed by atoms with van der Waals surface area (Å²) in [6.45, 7) is 4.37. The average molecular weight is 357 g/mol. The zero-order valence-corrected chi connectivity index (χ0v) is 15.1. The molecule has 25 heavy (non-hydrogen) atoms. The number of rotatable bonds is 6. The van der Waals surface area contributed by atoms with Crippen LogP contribution in [0.5, 0.6) is 0 Å². The first-order valence-corrected chi connectivity index (χ1v) is 9.52. The Bertz CT molecular complexity index is 730. The van der Waals surface area contributed by atoms with Crippen molar-refractivity contribution in [3.05, 3.63) is 52.2 Å². The fourth-order valence-electron chi connectivity index (χ4n) is 3.08. The zero-order chi connectivity index (χ0) is 17.6. The van der Waals surface area contributed by atoms with Crippen molar-refractivity contribution in [2.75, 3.05) is 18.4 Å². The van der Waals surface area contributed by atoms with Crippen LogP contribution in [0.3, 0.4) is 0 Å². The third-order valence-electron chi connectivity index (χ3n) is 4.32. The maximum Gasteiger partial charge on any atom is 0.264 e. The molecule has 1 unspecified atom stereocenters. The molecular formula is C19H23N3O2S. The lowest BCUT2D eigenvalue weighted by Gasteiger charge is -2.23. The number of amides is 2. The van der Waals surface area contributed by atoms with Crippen LogP contribution < -0.4 is 10.6 Å². The van der Waals surface area contributed by atoms with E-state index < -0.39 is 6.04 Å². The second kappa shape index (κ2) is 8.27. The van der Waals surface area contributed by atoms with Crippen LogP contribution >= 0.6 is 11.3 Å². The summed E-state index contributed by atoms with van der Waals surface area (Å²) in [5.41, 5.74) is 1.90. The highest BCUT2D eigenvalue weighted by Gasteiger charge is 2.34. The quantitative estimate of drug-likeness (QED) is 0.835. The lowest BCUT2D eigenvalue weighted by molar-refractivity contribution is -0.119. The monoisotopic (exact) mass is 357 g/mol. The predicted octanol–water partition coefficient (Wildman–Crippen LogP) is 3.10. The van der Waals surface area contributed by atoms with Crippen LogP contribution in [0.15, 0.2) is 41.8 Å². The highest BCUT2D eigenvalue weighted by Crippen LogP contribution is 2.23. The van der Waals surface area contributed by atoms with Gasteiger partial charge in [-0.05, 0) is 48.5 Å². The molecule has 0 saturated carbocycles. The van der Waals surface area contributed by atoms with Crippen molar-refractivity contribution < 1.29 is 9.59 Å². The zero-order valence-electron chi connectivity index (χ0n) is 14.3. The van der Waals surface area contributed by atoms with Gasteiger partial charge in [0.2, 0.25) is 5.91 Å². The molecule has 1 aromatic carbocycles. The molecule has 3 rings (SSSR count). The lowest BCUT2D eigenvalue weighted by Crippen LogP contribution is -2.42. The van der Waals surface area contributed by atoms with E-state index in [0.29, 0.717) is 17.8 Å². The van der Waals surface area contributed by atoms with Gasteiger partial charge in [-0.3, -0.25) is 9.59 Å². The standard InChI is InChI=1S/C19H23N3O2S/c1-2-20-13-14-6-3-7-15(12-14)21-18(23)16-8-4-10-22(16)19(24)17-9-5-11-25-17/h3,5-7,9,11-12,16,20H,2,4,8,10,13H2,1H3,(H,21,23). The van der Waals surface area contributed by atoms with Crippen molar-refractivity contribution in [2.45, 2.75) is 32.4 Å². The summed E-state index contributed by atoms with van der Waals surface area (Å²) in [5.74, 6) is -0.156. The summed E-state index contributed by atoms with van der Waals surface area (Å²) in [6, 6.07) is 11.1. The molecule has 1 fully saturated rings. The number of benzene rings is 1. The molecule has 132 valence electrons. The van der Waals surface area contributed by atoms with E-state index in [0.717, 1.165) is 30.8 Å². The molecule has 1 aliphatic rings. The van der Waals surface area contributed by atoms with Crippen molar-refractivity contribution in [1.82, 2.24) is 10.2 Å². The molecule has 1 atom stereocenters. The van der Waals surface area contributed by atoms with Gasteiger partial charge in [-0.1, -0.05) is 25.1 Å². The third kappa shape index (κ3) is 4.27. The predicted molar refractivity (Wildman–Crippen MR) is 101 cm³/mol. The number of anilines is 1. The summed E-state index contributed by atoms with van der Waals surface area (Å²) in [4.78, 5) is 27.7. The Labute approximate surface area is 152 Å². The Hall–Kier alpha value is -2.18. The largest absolute Gasteiger partial charge is 0.326 e. The van der Waals surface area contributed by atoms with E-state index in [1.165, 1.54) is 11.3 Å². The van der Waals surface area contributed by atoms with Crippen LogP contribution in [0, 0.1) is 0 Å². The first kappa shape index (κ1) is 17.6. The van der Waals surface area contributed by atoms with E-state index in [1.54, 1.807) is 4.90 Å². The molecule has 6 heteroatoms. The first-order chi connectivity index (χ1) is 12.2. The van der Waals surface area contributed by atoms with Gasteiger partial charge in [0, 0.05) is 18.8 Å². The molecule has 0 bridgehead atoms. The summed E-state index contributed by atoms with van der Waals surface area (Å²) in [5, 5.41) is 8.13. The number of nitrogens with one attached hydrogen (secondary N) is 2. The minimum Gasteiger partial charge on any atom is -0.326 e. The lowest BCUT2D eigenvalue weighted by atomic mass is 10.1. The molecule has 0 radical (unpaired) electrons. The molecule has 2 heterocycles. The van der Waals surface area contributed by atoms with Crippen LogP contribution in [0.4, 0.5) is 5.69 Å². The summed E-state index contributed by atoms with van der Waals surface area (Å²) in [7, 11) is 0. The van der Waals surface area contributed by atoms with Crippen LogP contribution in [-0.2, 0) is 11.3 Å². The number of hydrogen-bond donors (Lipinski definition) is 2. The van der Waals surface area contributed by atoms with Crippen molar-refractivity contribution >= 4 is 28.8 Å². The average Bonchev–Trinajstić information content (AvgIpc) is 3.31. The van der Waals surface area contributed by atoms with Crippen LogP contribution in [0.2, 0.25) is 0 Å². The molecule has 0 aliphatic carbocycles. The van der Waals surface area contributed by atoms with E-state index in [4.69, 9.17) is 0 Å². The van der Waals surface area contributed by atoms with Gasteiger partial charge in [-0.25, -0.2) is 0 Å². The molecule has 2 amide bonds. The summed E-state index contributed by atoms with van der Waals surface area (Å²) in [6.07, 6.45) is 1.57. The number of carbonyl (C=O) groups is 2. The van der Waals surface area contributed by atoms with E-state index in [-0.39, 0.29) is 11.8 Å². The maximum absolute atomic E-state index is 12.7. The number of carbonyl (C=O) groups excluding carboxylic acids is 2. The molecule has 1 aliphatic heterocycles. The Morgan fingerprint density at radius 3 is 2.92 bits per heavy atom. The topological polar surface area (TPSA) is 61.4 Å². The number of thiophene rings is 1. The van der Waals surface area contributed by atoms with Gasteiger partial charge in [0.25, 0.3) is 5.91 Å². The van der Waals surface area contributed by atoms with Crippen molar-refractivity contribution in [3.8, 4) is 0 Å². The minimum absolute atomic E-state index is 0.0476. The Balaban J connectivity index is 1.67. The maximum atomic E-state index is 12.7. The molecule has 2 N–H and O–H groups in total. The van der Waals surface area contributed by atoms with Gasteiger partial charge in [0.1, 0.15) is 6.04 Å². The molecule has 5 nitrogen and oxygen atoms in total. The second-order valence-corrected chi connectivity index (χ2v) is 7.05. The number of nitrogens with zero attached hydrogens (tertiary/aromatic N) is 1. The number of likely N-dealkylation sites (tertiary alicyclic amines) is 1. The van der Waals surface area contributed by atoms with Crippen molar-refractivity contribution in [2.24, 2.45) is 0 Å². The Morgan fingerprint density at radius 1 is 1.28 bits per heavy atom. The summed E-state index contributed by atoms with van der Waals surface area (Å²) >= 11 is 1.42. The Kier molecular flexibility index (Phi) is 5.83.